The maximum atomic E-state index is 11.3. The highest BCUT2D eigenvalue weighted by atomic mass is 16.5. The molecular weight excluding hydrogens is 230 g/mol. The van der Waals surface area contributed by atoms with Crippen LogP contribution >= 0.6 is 0 Å². The molecule has 2 N–H and O–H groups in total. The lowest BCUT2D eigenvalue weighted by Gasteiger charge is -2.14. The van der Waals surface area contributed by atoms with Crippen molar-refractivity contribution in [1.29, 1.82) is 0 Å². The lowest BCUT2D eigenvalue weighted by molar-refractivity contribution is 0.0594. The van der Waals surface area contributed by atoms with Crippen molar-refractivity contribution in [3.63, 3.8) is 0 Å². The van der Waals surface area contributed by atoms with Crippen molar-refractivity contribution in [3.8, 4) is 0 Å². The van der Waals surface area contributed by atoms with Crippen molar-refractivity contribution >= 4 is 5.97 Å². The largest absolute Gasteiger partial charge is 0.464 e. The highest BCUT2D eigenvalue weighted by Crippen LogP contribution is 2.06. The lowest BCUT2D eigenvalue weighted by atomic mass is 10.4. The van der Waals surface area contributed by atoms with Crippen LogP contribution in [-0.4, -0.2) is 49.1 Å². The molecule has 0 aliphatic carbocycles. The van der Waals surface area contributed by atoms with E-state index in [4.69, 9.17) is 0 Å². The summed E-state index contributed by atoms with van der Waals surface area (Å²) in [5, 5.41) is 3.37. The van der Waals surface area contributed by atoms with Gasteiger partial charge in [0.2, 0.25) is 0 Å². The molecule has 0 amide bonds. The minimum Gasteiger partial charge on any atom is -0.464 e. The average Bonchev–Trinajstić information content (AvgIpc) is 3.05. The summed E-state index contributed by atoms with van der Waals surface area (Å²) >= 11 is 0. The van der Waals surface area contributed by atoms with E-state index in [1.807, 2.05) is 6.07 Å². The van der Waals surface area contributed by atoms with Crippen LogP contribution in [0.4, 0.5) is 0 Å². The second-order valence-electron chi connectivity index (χ2n) is 4.61. The molecule has 2 heterocycles. The van der Waals surface area contributed by atoms with Crippen molar-refractivity contribution < 1.29 is 9.53 Å². The third kappa shape index (κ3) is 3.58. The van der Waals surface area contributed by atoms with Gasteiger partial charge in [-0.2, -0.15) is 0 Å². The molecule has 5 nitrogen and oxygen atoms in total. The summed E-state index contributed by atoms with van der Waals surface area (Å²) in [6.45, 7) is 5.30. The number of ether oxygens (including phenoxy) is 1. The van der Waals surface area contributed by atoms with Gasteiger partial charge in [-0.3, -0.25) is 0 Å². The highest BCUT2D eigenvalue weighted by molar-refractivity contribution is 5.87. The summed E-state index contributed by atoms with van der Waals surface area (Å²) in [4.78, 5) is 16.8. The molecule has 1 aromatic heterocycles. The first-order chi connectivity index (χ1) is 8.79. The second kappa shape index (κ2) is 6.56. The number of nitrogens with one attached hydrogen (secondary N) is 2. The Labute approximate surface area is 108 Å². The van der Waals surface area contributed by atoms with Crippen LogP contribution in [0, 0.1) is 0 Å². The summed E-state index contributed by atoms with van der Waals surface area (Å²) in [5.74, 6) is -0.321. The Balaban J connectivity index is 1.66. The van der Waals surface area contributed by atoms with Gasteiger partial charge < -0.3 is 19.9 Å². The molecule has 0 atom stereocenters. The minimum atomic E-state index is -0.321. The van der Waals surface area contributed by atoms with Crippen LogP contribution in [0.15, 0.2) is 12.1 Å². The number of aromatic amines is 1. The van der Waals surface area contributed by atoms with E-state index in [1.165, 1.54) is 33.0 Å². The first kappa shape index (κ1) is 13.1. The van der Waals surface area contributed by atoms with E-state index in [-0.39, 0.29) is 5.97 Å². The van der Waals surface area contributed by atoms with E-state index in [9.17, 15) is 4.79 Å². The number of carbonyl (C=O) groups excluding carboxylic acids is 1. The topological polar surface area (TPSA) is 57.4 Å². The van der Waals surface area contributed by atoms with Gasteiger partial charge in [0.1, 0.15) is 5.69 Å². The normalized spacial score (nSPS) is 16.1. The second-order valence-corrected chi connectivity index (χ2v) is 4.61. The Morgan fingerprint density at radius 3 is 2.94 bits per heavy atom. The van der Waals surface area contributed by atoms with Gasteiger partial charge in [-0.15, -0.1) is 0 Å². The Morgan fingerprint density at radius 1 is 1.44 bits per heavy atom. The van der Waals surface area contributed by atoms with Gasteiger partial charge in [-0.1, -0.05) is 0 Å². The quantitative estimate of drug-likeness (QED) is 0.585. The first-order valence-electron chi connectivity index (χ1n) is 6.49. The molecule has 1 aliphatic heterocycles. The number of hydrogen-bond donors (Lipinski definition) is 2. The number of hydrogen-bond acceptors (Lipinski definition) is 4. The number of rotatable bonds is 6. The highest BCUT2D eigenvalue weighted by Gasteiger charge is 2.10. The van der Waals surface area contributed by atoms with Gasteiger partial charge in [-0.25, -0.2) is 4.79 Å². The summed E-state index contributed by atoms with van der Waals surface area (Å²) in [5.41, 5.74) is 1.52. The zero-order valence-corrected chi connectivity index (χ0v) is 10.9. The molecule has 1 saturated heterocycles. The van der Waals surface area contributed by atoms with Crippen LogP contribution in [0.3, 0.4) is 0 Å². The predicted octanol–water partition coefficient (Wildman–Crippen LogP) is 0.987. The van der Waals surface area contributed by atoms with Gasteiger partial charge in [0, 0.05) is 25.3 Å². The number of nitrogens with zero attached hydrogens (tertiary/aromatic N) is 1. The number of likely N-dealkylation sites (tertiary alicyclic amines) is 1. The molecule has 1 aromatic rings. The molecule has 2 rings (SSSR count). The Morgan fingerprint density at radius 2 is 2.22 bits per heavy atom. The van der Waals surface area contributed by atoms with E-state index in [2.05, 4.69) is 19.9 Å². The smallest absolute Gasteiger partial charge is 0.354 e. The fourth-order valence-electron chi connectivity index (χ4n) is 2.24. The van der Waals surface area contributed by atoms with Gasteiger partial charge in [0.25, 0.3) is 0 Å². The van der Waals surface area contributed by atoms with Gasteiger partial charge >= 0.3 is 5.97 Å². The number of carbonyl (C=O) groups is 1. The van der Waals surface area contributed by atoms with E-state index in [1.54, 1.807) is 6.07 Å². The van der Waals surface area contributed by atoms with E-state index >= 15 is 0 Å². The van der Waals surface area contributed by atoms with Crippen molar-refractivity contribution in [3.05, 3.63) is 23.5 Å². The van der Waals surface area contributed by atoms with Gasteiger partial charge in [0.05, 0.1) is 7.11 Å². The predicted molar refractivity (Wildman–Crippen MR) is 69.5 cm³/mol. The molecular formula is C13H21N3O2. The molecule has 100 valence electrons. The fraction of sp³-hybridized carbons (Fsp3) is 0.615. The Bertz CT molecular complexity index is 383. The molecule has 0 spiro atoms. The third-order valence-electron chi connectivity index (χ3n) is 3.27. The molecule has 0 bridgehead atoms. The van der Waals surface area contributed by atoms with Gasteiger partial charge in [-0.05, 0) is 38.1 Å². The van der Waals surface area contributed by atoms with E-state index in [0.717, 1.165) is 25.3 Å². The molecule has 0 saturated carbocycles. The number of esters is 1. The van der Waals surface area contributed by atoms with Crippen LogP contribution in [-0.2, 0) is 11.3 Å². The molecule has 0 aromatic carbocycles. The van der Waals surface area contributed by atoms with Gasteiger partial charge in [0.15, 0.2) is 0 Å². The number of aromatic nitrogens is 1. The van der Waals surface area contributed by atoms with Crippen molar-refractivity contribution in [2.45, 2.75) is 19.4 Å². The SMILES string of the molecule is COC(=O)c1ccc(CNCCN2CCCC2)[nH]1. The van der Waals surface area contributed by atoms with Crippen molar-refractivity contribution in [2.75, 3.05) is 33.3 Å². The third-order valence-corrected chi connectivity index (χ3v) is 3.27. The van der Waals surface area contributed by atoms with Crippen LogP contribution in [0.2, 0.25) is 0 Å². The zero-order valence-electron chi connectivity index (χ0n) is 10.9. The molecule has 18 heavy (non-hydrogen) atoms. The number of methoxy groups -OCH3 is 1. The minimum absolute atomic E-state index is 0.321. The summed E-state index contributed by atoms with van der Waals surface area (Å²) in [6, 6.07) is 3.67. The Kier molecular flexibility index (Phi) is 4.78. The molecule has 5 heteroatoms. The molecule has 0 unspecified atom stereocenters. The maximum absolute atomic E-state index is 11.3. The van der Waals surface area contributed by atoms with E-state index in [0.29, 0.717) is 5.69 Å². The summed E-state index contributed by atoms with van der Waals surface area (Å²) in [6.07, 6.45) is 2.66. The number of H-pyrrole nitrogens is 1. The summed E-state index contributed by atoms with van der Waals surface area (Å²) in [7, 11) is 1.39. The molecule has 1 aliphatic rings. The van der Waals surface area contributed by atoms with E-state index < -0.39 is 0 Å². The fourth-order valence-corrected chi connectivity index (χ4v) is 2.24. The first-order valence-corrected chi connectivity index (χ1v) is 6.49. The molecule has 1 fully saturated rings. The van der Waals surface area contributed by atoms with Crippen LogP contribution in [0.5, 0.6) is 0 Å². The monoisotopic (exact) mass is 251 g/mol. The maximum Gasteiger partial charge on any atom is 0.354 e. The van der Waals surface area contributed by atoms with Crippen LogP contribution < -0.4 is 5.32 Å². The summed E-state index contributed by atoms with van der Waals surface area (Å²) < 4.78 is 4.65. The Hall–Kier alpha value is -1.33. The van der Waals surface area contributed by atoms with Crippen molar-refractivity contribution in [1.82, 2.24) is 15.2 Å². The standard InChI is InChI=1S/C13H21N3O2/c1-18-13(17)12-5-4-11(15-12)10-14-6-9-16-7-2-3-8-16/h4-5,14-15H,2-3,6-10H2,1H3. The van der Waals surface area contributed by atoms with Crippen LogP contribution in [0.1, 0.15) is 29.0 Å². The van der Waals surface area contributed by atoms with Crippen molar-refractivity contribution in [2.24, 2.45) is 0 Å². The lowest BCUT2D eigenvalue weighted by Crippen LogP contribution is -2.29. The zero-order chi connectivity index (χ0) is 12.8. The molecule has 0 radical (unpaired) electrons. The van der Waals surface area contributed by atoms with Crippen LogP contribution in [0.25, 0.3) is 0 Å². The average molecular weight is 251 g/mol.